The predicted molar refractivity (Wildman–Crippen MR) is 75.1 cm³/mol. The highest BCUT2D eigenvalue weighted by Crippen LogP contribution is 2.20. The van der Waals surface area contributed by atoms with Crippen LogP contribution < -0.4 is 5.73 Å². The molecule has 0 bridgehead atoms. The van der Waals surface area contributed by atoms with Gasteiger partial charge in [0.2, 0.25) is 0 Å². The third kappa shape index (κ3) is 6.10. The molecule has 2 aliphatic rings. The van der Waals surface area contributed by atoms with Crippen molar-refractivity contribution in [3.05, 3.63) is 0 Å². The summed E-state index contributed by atoms with van der Waals surface area (Å²) in [6, 6.07) is 0.943. The summed E-state index contributed by atoms with van der Waals surface area (Å²) in [5.74, 6) is 0. The van der Waals surface area contributed by atoms with Crippen LogP contribution in [0.3, 0.4) is 0 Å². The summed E-state index contributed by atoms with van der Waals surface area (Å²) < 4.78 is 40.4. The molecule has 0 amide bonds. The number of alkyl halides is 3. The van der Waals surface area contributed by atoms with E-state index < -0.39 is 12.8 Å². The monoisotopic (exact) mass is 309 g/mol. The molecule has 0 spiro atoms. The van der Waals surface area contributed by atoms with Gasteiger partial charge in [-0.25, -0.2) is 0 Å². The van der Waals surface area contributed by atoms with Gasteiger partial charge in [0, 0.05) is 31.8 Å². The molecule has 4 nitrogen and oxygen atoms in total. The van der Waals surface area contributed by atoms with E-state index in [1.54, 1.807) is 0 Å². The van der Waals surface area contributed by atoms with Crippen molar-refractivity contribution in [2.75, 3.05) is 45.9 Å². The van der Waals surface area contributed by atoms with Gasteiger partial charge >= 0.3 is 6.18 Å². The third-order valence-corrected chi connectivity index (χ3v) is 4.37. The lowest BCUT2D eigenvalue weighted by atomic mass is 10.0. The van der Waals surface area contributed by atoms with E-state index in [0.29, 0.717) is 18.5 Å². The minimum absolute atomic E-state index is 0.180. The van der Waals surface area contributed by atoms with E-state index in [-0.39, 0.29) is 6.61 Å². The highest BCUT2D eigenvalue weighted by atomic mass is 19.4. The maximum absolute atomic E-state index is 11.9. The van der Waals surface area contributed by atoms with Crippen LogP contribution >= 0.6 is 0 Å². The fourth-order valence-corrected chi connectivity index (χ4v) is 3.18. The van der Waals surface area contributed by atoms with Crippen molar-refractivity contribution in [3.63, 3.8) is 0 Å². The first-order chi connectivity index (χ1) is 9.94. The summed E-state index contributed by atoms with van der Waals surface area (Å²) in [6.45, 7) is 4.08. The van der Waals surface area contributed by atoms with E-state index >= 15 is 0 Å². The lowest BCUT2D eigenvalue weighted by molar-refractivity contribution is -0.174. The molecule has 2 aliphatic heterocycles. The minimum atomic E-state index is -4.21. The Morgan fingerprint density at radius 2 is 1.81 bits per heavy atom. The summed E-state index contributed by atoms with van der Waals surface area (Å²) in [5.41, 5.74) is 5.92. The standard InChI is InChI=1S/C14H26F3N3O/c15-14(16,17)11-21-9-1-5-19-6-4-13(10-19)20-7-2-12(18)3-8-20/h12-13H,1-11,18H2. The molecular weight excluding hydrogens is 283 g/mol. The average molecular weight is 309 g/mol. The number of nitrogens with two attached hydrogens (primary N) is 1. The van der Waals surface area contributed by atoms with Crippen molar-refractivity contribution in [3.8, 4) is 0 Å². The highest BCUT2D eigenvalue weighted by Gasteiger charge is 2.30. The molecule has 7 heteroatoms. The van der Waals surface area contributed by atoms with Gasteiger partial charge in [0.15, 0.2) is 0 Å². The van der Waals surface area contributed by atoms with Gasteiger partial charge < -0.3 is 15.4 Å². The van der Waals surface area contributed by atoms with Crippen molar-refractivity contribution in [2.24, 2.45) is 5.73 Å². The van der Waals surface area contributed by atoms with Crippen LogP contribution in [0.5, 0.6) is 0 Å². The number of ether oxygens (including phenoxy) is 1. The van der Waals surface area contributed by atoms with Crippen LogP contribution in [0.25, 0.3) is 0 Å². The minimum Gasteiger partial charge on any atom is -0.372 e. The second-order valence-electron chi connectivity index (χ2n) is 6.14. The van der Waals surface area contributed by atoms with Gasteiger partial charge in [-0.3, -0.25) is 4.90 Å². The van der Waals surface area contributed by atoms with Crippen LogP contribution in [-0.4, -0.2) is 74.0 Å². The number of nitrogens with zero attached hydrogens (tertiary/aromatic N) is 2. The smallest absolute Gasteiger partial charge is 0.372 e. The molecular formula is C14H26F3N3O. The fourth-order valence-electron chi connectivity index (χ4n) is 3.18. The zero-order valence-corrected chi connectivity index (χ0v) is 12.4. The van der Waals surface area contributed by atoms with Gasteiger partial charge in [0.25, 0.3) is 0 Å². The molecule has 0 aliphatic carbocycles. The van der Waals surface area contributed by atoms with Crippen LogP contribution in [0.2, 0.25) is 0 Å². The quantitative estimate of drug-likeness (QED) is 0.754. The topological polar surface area (TPSA) is 41.7 Å². The second kappa shape index (κ2) is 7.76. The highest BCUT2D eigenvalue weighted by molar-refractivity contribution is 4.86. The summed E-state index contributed by atoms with van der Waals surface area (Å²) in [6.07, 6.45) is -0.260. The second-order valence-corrected chi connectivity index (χ2v) is 6.14. The molecule has 2 heterocycles. The Kier molecular flexibility index (Phi) is 6.28. The molecule has 2 rings (SSSR count). The Balaban J connectivity index is 1.56. The van der Waals surface area contributed by atoms with Crippen LogP contribution in [-0.2, 0) is 4.74 Å². The van der Waals surface area contributed by atoms with Crippen molar-refractivity contribution >= 4 is 0 Å². The van der Waals surface area contributed by atoms with Crippen LogP contribution in [0.4, 0.5) is 13.2 Å². The zero-order valence-electron chi connectivity index (χ0n) is 12.4. The number of halogens is 3. The molecule has 1 atom stereocenters. The summed E-state index contributed by atoms with van der Waals surface area (Å²) >= 11 is 0. The maximum Gasteiger partial charge on any atom is 0.411 e. The number of piperidine rings is 1. The van der Waals surface area contributed by atoms with Gasteiger partial charge in [0.05, 0.1) is 0 Å². The van der Waals surface area contributed by atoms with Gasteiger partial charge in [-0.2, -0.15) is 13.2 Å². The molecule has 124 valence electrons. The first-order valence-electron chi connectivity index (χ1n) is 7.80. The molecule has 2 saturated heterocycles. The molecule has 2 N–H and O–H groups in total. The Morgan fingerprint density at radius 3 is 2.48 bits per heavy atom. The molecule has 0 aromatic carbocycles. The van der Waals surface area contributed by atoms with Crippen molar-refractivity contribution in [1.29, 1.82) is 0 Å². The van der Waals surface area contributed by atoms with Gasteiger partial charge in [-0.05, 0) is 45.3 Å². The van der Waals surface area contributed by atoms with E-state index in [4.69, 9.17) is 5.73 Å². The molecule has 2 fully saturated rings. The average Bonchev–Trinajstić information content (AvgIpc) is 2.87. The van der Waals surface area contributed by atoms with Crippen LogP contribution in [0.1, 0.15) is 25.7 Å². The fraction of sp³-hybridized carbons (Fsp3) is 1.00. The Bertz CT molecular complexity index is 306. The van der Waals surface area contributed by atoms with Crippen LogP contribution in [0, 0.1) is 0 Å². The van der Waals surface area contributed by atoms with Crippen molar-refractivity contribution in [2.45, 2.75) is 43.9 Å². The number of hydrogen-bond donors (Lipinski definition) is 1. The van der Waals surface area contributed by atoms with Crippen molar-refractivity contribution < 1.29 is 17.9 Å². The molecule has 0 aromatic heterocycles. The predicted octanol–water partition coefficient (Wildman–Crippen LogP) is 1.45. The first kappa shape index (κ1) is 17.0. The van der Waals surface area contributed by atoms with Gasteiger partial charge in [-0.15, -0.1) is 0 Å². The Labute approximate surface area is 124 Å². The van der Waals surface area contributed by atoms with Crippen LogP contribution in [0.15, 0.2) is 0 Å². The molecule has 0 radical (unpaired) electrons. The largest absolute Gasteiger partial charge is 0.411 e. The Morgan fingerprint density at radius 1 is 1.10 bits per heavy atom. The van der Waals surface area contributed by atoms with Gasteiger partial charge in [0.1, 0.15) is 6.61 Å². The van der Waals surface area contributed by atoms with E-state index in [1.807, 2.05) is 0 Å². The summed E-state index contributed by atoms with van der Waals surface area (Å²) in [4.78, 5) is 4.85. The normalized spacial score (nSPS) is 26.6. The summed E-state index contributed by atoms with van der Waals surface area (Å²) in [5, 5.41) is 0. The third-order valence-electron chi connectivity index (χ3n) is 4.37. The van der Waals surface area contributed by atoms with E-state index in [0.717, 1.165) is 52.0 Å². The molecule has 1 unspecified atom stereocenters. The van der Waals surface area contributed by atoms with E-state index in [9.17, 15) is 13.2 Å². The lowest BCUT2D eigenvalue weighted by Crippen LogP contribution is -2.46. The van der Waals surface area contributed by atoms with E-state index in [2.05, 4.69) is 14.5 Å². The van der Waals surface area contributed by atoms with Gasteiger partial charge in [-0.1, -0.05) is 0 Å². The SMILES string of the molecule is NC1CCN(C2CCN(CCCOCC(F)(F)F)C2)CC1. The Hall–Kier alpha value is -0.370. The van der Waals surface area contributed by atoms with Crippen molar-refractivity contribution in [1.82, 2.24) is 9.80 Å². The zero-order chi connectivity index (χ0) is 15.3. The number of hydrogen-bond acceptors (Lipinski definition) is 4. The number of likely N-dealkylation sites (tertiary alicyclic amines) is 2. The number of rotatable bonds is 6. The van der Waals surface area contributed by atoms with E-state index in [1.165, 1.54) is 0 Å². The lowest BCUT2D eigenvalue weighted by Gasteiger charge is -2.34. The maximum atomic E-state index is 11.9. The molecule has 0 saturated carbocycles. The molecule has 21 heavy (non-hydrogen) atoms. The molecule has 0 aromatic rings. The summed E-state index contributed by atoms with van der Waals surface area (Å²) in [7, 11) is 0. The first-order valence-corrected chi connectivity index (χ1v) is 7.80.